The number of halogens is 2. The molecule has 0 spiro atoms. The Balaban J connectivity index is 1.84. The van der Waals surface area contributed by atoms with Gasteiger partial charge < -0.3 is 9.47 Å². The molecule has 2 aromatic rings. The quantitative estimate of drug-likeness (QED) is 0.475. The fraction of sp³-hybridized carbons (Fsp3) is 0.409. The van der Waals surface area contributed by atoms with Gasteiger partial charge in [-0.2, -0.15) is 0 Å². The molecule has 32 heavy (non-hydrogen) atoms. The van der Waals surface area contributed by atoms with E-state index in [0.717, 1.165) is 0 Å². The van der Waals surface area contributed by atoms with Crippen LogP contribution in [-0.4, -0.2) is 37.0 Å². The first-order valence-corrected chi connectivity index (χ1v) is 11.8. The summed E-state index contributed by atoms with van der Waals surface area (Å²) in [6.45, 7) is 4.96. The molecular formula is C22H25ClFNO6S. The highest BCUT2D eigenvalue weighted by atomic mass is 35.5. The number of amides is 1. The van der Waals surface area contributed by atoms with Gasteiger partial charge in [-0.25, -0.2) is 18.3 Å². The van der Waals surface area contributed by atoms with Crippen molar-refractivity contribution in [1.82, 2.24) is 5.48 Å². The van der Waals surface area contributed by atoms with Crippen molar-refractivity contribution in [3.8, 4) is 5.75 Å². The lowest BCUT2D eigenvalue weighted by atomic mass is 9.69. The normalized spacial score (nSPS) is 22.9. The van der Waals surface area contributed by atoms with Gasteiger partial charge in [-0.1, -0.05) is 17.7 Å². The predicted octanol–water partition coefficient (Wildman–Crippen LogP) is 3.91. The Bertz CT molecular complexity index is 1110. The van der Waals surface area contributed by atoms with Crippen molar-refractivity contribution in [2.75, 3.05) is 6.61 Å². The van der Waals surface area contributed by atoms with Gasteiger partial charge in [-0.05, 0) is 63.6 Å². The summed E-state index contributed by atoms with van der Waals surface area (Å²) in [5.74, 6) is -0.883. The highest BCUT2D eigenvalue weighted by Crippen LogP contribution is 2.47. The first-order chi connectivity index (χ1) is 14.9. The molecule has 2 aromatic carbocycles. The van der Waals surface area contributed by atoms with Gasteiger partial charge in [0.15, 0.2) is 9.84 Å². The van der Waals surface area contributed by atoms with Gasteiger partial charge >= 0.3 is 0 Å². The molecule has 1 fully saturated rings. The molecule has 7 nitrogen and oxygen atoms in total. The number of sulfone groups is 1. The van der Waals surface area contributed by atoms with Crippen LogP contribution in [0.1, 0.15) is 32.8 Å². The number of rotatable bonds is 6. The second-order valence-electron chi connectivity index (χ2n) is 8.32. The van der Waals surface area contributed by atoms with Gasteiger partial charge in [0.25, 0.3) is 5.91 Å². The molecule has 2 atom stereocenters. The maximum atomic E-state index is 13.5. The molecule has 0 bridgehead atoms. The van der Waals surface area contributed by atoms with Crippen LogP contribution in [-0.2, 0) is 26.0 Å². The molecule has 0 saturated carbocycles. The third-order valence-electron chi connectivity index (χ3n) is 6.25. The number of ether oxygens (including phenoxy) is 2. The average Bonchev–Trinajstić information content (AvgIpc) is 2.74. The number of benzene rings is 2. The molecular weight excluding hydrogens is 461 g/mol. The number of carbonyl (C=O) groups excluding carboxylic acids is 1. The van der Waals surface area contributed by atoms with Crippen LogP contribution in [0, 0.1) is 11.2 Å². The van der Waals surface area contributed by atoms with E-state index in [1.807, 2.05) is 0 Å². The summed E-state index contributed by atoms with van der Waals surface area (Å²) >= 11 is 5.99. The Labute approximate surface area is 191 Å². The van der Waals surface area contributed by atoms with E-state index < -0.39 is 37.8 Å². The van der Waals surface area contributed by atoms with Crippen molar-refractivity contribution in [2.45, 2.75) is 49.5 Å². The third kappa shape index (κ3) is 4.34. The van der Waals surface area contributed by atoms with Crippen LogP contribution in [0.25, 0.3) is 0 Å². The minimum atomic E-state index is -3.96. The van der Waals surface area contributed by atoms with Crippen LogP contribution in [0.15, 0.2) is 47.4 Å². The maximum absolute atomic E-state index is 13.5. The lowest BCUT2D eigenvalue weighted by Gasteiger charge is -2.49. The Morgan fingerprint density at radius 2 is 1.91 bits per heavy atom. The number of hydroxylamine groups is 1. The third-order valence-corrected chi connectivity index (χ3v) is 8.98. The summed E-state index contributed by atoms with van der Waals surface area (Å²) in [4.78, 5) is 12.6. The number of hydrogen-bond donors (Lipinski definition) is 2. The van der Waals surface area contributed by atoms with Crippen molar-refractivity contribution in [1.29, 1.82) is 0 Å². The SMILES string of the molecule is CC1(C)OCCC(S(=O)(=O)c2ccc(OCc3ccc(F)cc3Cl)cc2)C1(C)C(=O)NO. The van der Waals surface area contributed by atoms with Crippen molar-refractivity contribution in [3.05, 3.63) is 58.9 Å². The number of nitrogens with one attached hydrogen (secondary N) is 1. The van der Waals surface area contributed by atoms with Gasteiger partial charge in [0.2, 0.25) is 0 Å². The average molecular weight is 486 g/mol. The molecule has 1 saturated heterocycles. The molecule has 1 aliphatic heterocycles. The van der Waals surface area contributed by atoms with E-state index in [-0.39, 0.29) is 29.6 Å². The minimum absolute atomic E-state index is 0.0179. The van der Waals surface area contributed by atoms with E-state index in [9.17, 15) is 22.8 Å². The highest BCUT2D eigenvalue weighted by molar-refractivity contribution is 7.92. The van der Waals surface area contributed by atoms with Crippen LogP contribution < -0.4 is 10.2 Å². The standard InChI is InChI=1S/C22H25ClFNO6S/c1-21(2)22(3,20(26)25-27)19(10-11-31-21)32(28,29)17-8-6-16(7-9-17)30-13-14-4-5-15(24)12-18(14)23/h4-9,12,19,27H,10-11,13H2,1-3H3,(H,25,26). The Morgan fingerprint density at radius 1 is 1.25 bits per heavy atom. The first kappa shape index (κ1) is 24.4. The van der Waals surface area contributed by atoms with Gasteiger partial charge in [0.1, 0.15) is 18.2 Å². The number of carbonyl (C=O) groups is 1. The summed E-state index contributed by atoms with van der Waals surface area (Å²) in [7, 11) is -3.96. The molecule has 2 unspecified atom stereocenters. The van der Waals surface area contributed by atoms with E-state index in [2.05, 4.69) is 0 Å². The smallest absolute Gasteiger partial charge is 0.253 e. The van der Waals surface area contributed by atoms with Crippen LogP contribution in [0.5, 0.6) is 5.75 Å². The topological polar surface area (TPSA) is 102 Å². The van der Waals surface area contributed by atoms with Crippen molar-refractivity contribution in [3.63, 3.8) is 0 Å². The molecule has 1 heterocycles. The zero-order chi connectivity index (χ0) is 23.7. The molecule has 0 radical (unpaired) electrons. The van der Waals surface area contributed by atoms with Crippen molar-refractivity contribution in [2.24, 2.45) is 5.41 Å². The van der Waals surface area contributed by atoms with Crippen molar-refractivity contribution < 1.29 is 32.3 Å². The monoisotopic (exact) mass is 485 g/mol. The van der Waals surface area contributed by atoms with E-state index >= 15 is 0 Å². The Kier molecular flexibility index (Phi) is 6.86. The van der Waals surface area contributed by atoms with E-state index in [1.54, 1.807) is 19.3 Å². The predicted molar refractivity (Wildman–Crippen MR) is 116 cm³/mol. The van der Waals surface area contributed by atoms with E-state index in [0.29, 0.717) is 11.3 Å². The van der Waals surface area contributed by atoms with Crippen LogP contribution in [0.4, 0.5) is 4.39 Å². The van der Waals surface area contributed by atoms with Gasteiger partial charge in [0.05, 0.1) is 26.2 Å². The maximum Gasteiger partial charge on any atom is 0.253 e. The second-order valence-corrected chi connectivity index (χ2v) is 10.9. The summed E-state index contributed by atoms with van der Waals surface area (Å²) in [6.07, 6.45) is 0.0942. The van der Waals surface area contributed by atoms with Crippen LogP contribution in [0.2, 0.25) is 5.02 Å². The van der Waals surface area contributed by atoms with Gasteiger partial charge in [-0.3, -0.25) is 10.0 Å². The molecule has 0 aliphatic carbocycles. The highest BCUT2D eigenvalue weighted by Gasteiger charge is 2.60. The molecule has 1 amide bonds. The van der Waals surface area contributed by atoms with Gasteiger partial charge in [-0.15, -0.1) is 0 Å². The molecule has 174 valence electrons. The largest absolute Gasteiger partial charge is 0.489 e. The van der Waals surface area contributed by atoms with Crippen LogP contribution in [0.3, 0.4) is 0 Å². The summed E-state index contributed by atoms with van der Waals surface area (Å²) in [5, 5.41) is 8.38. The molecule has 3 rings (SSSR count). The molecule has 2 N–H and O–H groups in total. The fourth-order valence-corrected chi connectivity index (χ4v) is 6.42. The van der Waals surface area contributed by atoms with E-state index in [1.165, 1.54) is 49.4 Å². The number of hydrogen-bond acceptors (Lipinski definition) is 6. The molecule has 10 heteroatoms. The zero-order valence-corrected chi connectivity index (χ0v) is 19.5. The Morgan fingerprint density at radius 3 is 2.50 bits per heavy atom. The molecule has 1 aliphatic rings. The summed E-state index contributed by atoms with van der Waals surface area (Å²) < 4.78 is 51.4. The van der Waals surface area contributed by atoms with Crippen molar-refractivity contribution >= 4 is 27.3 Å². The van der Waals surface area contributed by atoms with Gasteiger partial charge in [0, 0.05) is 12.2 Å². The Hall–Kier alpha value is -2.20. The summed E-state index contributed by atoms with van der Waals surface area (Å²) in [5.41, 5.74) is -0.487. The van der Waals surface area contributed by atoms with Crippen LogP contribution >= 0.6 is 11.6 Å². The second kappa shape index (κ2) is 8.97. The lowest BCUT2D eigenvalue weighted by Crippen LogP contribution is -2.64. The zero-order valence-electron chi connectivity index (χ0n) is 17.9. The summed E-state index contributed by atoms with van der Waals surface area (Å²) in [6, 6.07) is 9.76. The minimum Gasteiger partial charge on any atom is -0.489 e. The first-order valence-electron chi connectivity index (χ1n) is 9.92. The van der Waals surface area contributed by atoms with E-state index in [4.69, 9.17) is 21.1 Å². The fourth-order valence-electron chi connectivity index (χ4n) is 3.94. The lowest BCUT2D eigenvalue weighted by molar-refractivity contribution is -0.173. The molecule has 0 aromatic heterocycles.